The van der Waals surface area contributed by atoms with Gasteiger partial charge in [-0.05, 0) is 30.3 Å². The number of amides is 1. The van der Waals surface area contributed by atoms with Crippen molar-refractivity contribution in [3.63, 3.8) is 0 Å². The number of halogens is 1. The zero-order valence-electron chi connectivity index (χ0n) is 10.5. The van der Waals surface area contributed by atoms with Crippen LogP contribution in [0.5, 0.6) is 5.75 Å². The number of primary amides is 1. The molecular weight excluding hydrogens is 247 g/mol. The molecule has 0 saturated heterocycles. The van der Waals surface area contributed by atoms with Gasteiger partial charge in [0.05, 0.1) is 7.11 Å². The summed E-state index contributed by atoms with van der Waals surface area (Å²) in [6.45, 7) is 0.686. The van der Waals surface area contributed by atoms with E-state index in [9.17, 15) is 4.79 Å². The summed E-state index contributed by atoms with van der Waals surface area (Å²) < 4.78 is 7.02. The summed E-state index contributed by atoms with van der Waals surface area (Å²) in [4.78, 5) is 11.1. The number of nitrogens with zero attached hydrogens (tertiary/aromatic N) is 1. The third-order valence-electron chi connectivity index (χ3n) is 2.67. The Hall–Kier alpha value is -2.43. The maximum absolute atomic E-state index is 11.1. The summed E-state index contributed by atoms with van der Waals surface area (Å²) in [7, 11) is 1.64. The molecule has 1 aromatic heterocycles. The van der Waals surface area contributed by atoms with Crippen LogP contribution >= 0.6 is 0 Å². The van der Waals surface area contributed by atoms with Crippen LogP contribution in [0, 0.1) is 0 Å². The first-order chi connectivity index (χ1) is 8.69. The van der Waals surface area contributed by atoms with Crippen LogP contribution in [0.3, 0.4) is 0 Å². The molecule has 5 heteroatoms. The summed E-state index contributed by atoms with van der Waals surface area (Å²) in [6, 6.07) is 11.3. The Balaban J connectivity index is 0.00000180. The molecular formula is C14H15FN2O2. The molecule has 0 saturated carbocycles. The fourth-order valence-electron chi connectivity index (χ4n) is 1.71. The molecule has 0 fully saturated rings. The van der Waals surface area contributed by atoms with Gasteiger partial charge in [0, 0.05) is 11.6 Å². The summed E-state index contributed by atoms with van der Waals surface area (Å²) in [5.74, 6) is 0.411. The second-order valence-corrected chi connectivity index (χ2v) is 3.98. The molecule has 0 aliphatic rings. The standard InChI is InChI=1S/C14H14N2O2.FH/c1-18-13-6-4-11(5-7-13)9-16-8-2-3-12(10-16)14(15)17;/h2-8,10H,9H2,1H3,(H-,15,17);1H. The zero-order chi connectivity index (χ0) is 13.0. The highest BCUT2D eigenvalue weighted by atomic mass is 19.0. The average molecular weight is 262 g/mol. The van der Waals surface area contributed by atoms with Crippen molar-refractivity contribution < 1.29 is 18.8 Å². The van der Waals surface area contributed by atoms with Crippen LogP contribution in [-0.4, -0.2) is 13.0 Å². The van der Waals surface area contributed by atoms with Gasteiger partial charge >= 0.3 is 0 Å². The third-order valence-corrected chi connectivity index (χ3v) is 2.67. The van der Waals surface area contributed by atoms with Gasteiger partial charge in [0.15, 0.2) is 18.9 Å². The number of hydrogen-bond donors (Lipinski definition) is 1. The highest BCUT2D eigenvalue weighted by Gasteiger charge is 2.07. The molecule has 1 heterocycles. The fraction of sp³-hybridized carbons (Fsp3) is 0.143. The predicted octanol–water partition coefficient (Wildman–Crippen LogP) is -1.87. The van der Waals surface area contributed by atoms with Gasteiger partial charge in [0.1, 0.15) is 11.3 Å². The van der Waals surface area contributed by atoms with Crippen molar-refractivity contribution in [2.45, 2.75) is 6.54 Å². The number of methoxy groups -OCH3 is 1. The van der Waals surface area contributed by atoms with Gasteiger partial charge in [-0.3, -0.25) is 4.79 Å². The molecule has 19 heavy (non-hydrogen) atoms. The Morgan fingerprint density at radius 2 is 1.95 bits per heavy atom. The molecule has 2 N–H and O–H groups in total. The van der Waals surface area contributed by atoms with E-state index >= 15 is 0 Å². The van der Waals surface area contributed by atoms with Crippen molar-refractivity contribution in [3.8, 4) is 5.75 Å². The smallest absolute Gasteiger partial charge is 0.254 e. The largest absolute Gasteiger partial charge is 1.00 e. The molecule has 0 radical (unpaired) electrons. The van der Waals surface area contributed by atoms with Gasteiger partial charge in [-0.2, -0.15) is 4.57 Å². The summed E-state index contributed by atoms with van der Waals surface area (Å²) in [6.07, 6.45) is 3.64. The van der Waals surface area contributed by atoms with E-state index in [1.165, 1.54) is 0 Å². The number of ether oxygens (including phenoxy) is 1. The number of nitrogens with two attached hydrogens (primary N) is 1. The van der Waals surface area contributed by atoms with Crippen LogP contribution in [0.2, 0.25) is 0 Å². The van der Waals surface area contributed by atoms with Crippen LogP contribution in [0.15, 0.2) is 48.8 Å². The molecule has 0 aliphatic heterocycles. The number of rotatable bonds is 4. The molecule has 0 bridgehead atoms. The lowest BCUT2D eigenvalue weighted by Crippen LogP contribution is -3.00. The van der Waals surface area contributed by atoms with E-state index in [-0.39, 0.29) is 4.70 Å². The van der Waals surface area contributed by atoms with Crippen molar-refractivity contribution in [1.82, 2.24) is 0 Å². The summed E-state index contributed by atoms with van der Waals surface area (Å²) in [5.41, 5.74) is 6.88. The zero-order valence-corrected chi connectivity index (χ0v) is 10.5. The normalized spacial score (nSPS) is 9.53. The maximum Gasteiger partial charge on any atom is 0.254 e. The Labute approximate surface area is 110 Å². The van der Waals surface area contributed by atoms with Crippen LogP contribution < -0.4 is 19.7 Å². The lowest BCUT2D eigenvalue weighted by atomic mass is 10.2. The van der Waals surface area contributed by atoms with Gasteiger partial charge in [0.2, 0.25) is 0 Å². The van der Waals surface area contributed by atoms with E-state index in [1.54, 1.807) is 19.4 Å². The molecule has 1 amide bonds. The number of hydrogen-bond acceptors (Lipinski definition) is 2. The summed E-state index contributed by atoms with van der Waals surface area (Å²) in [5, 5.41) is 0. The van der Waals surface area contributed by atoms with Crippen LogP contribution in [0.4, 0.5) is 0 Å². The number of carbonyl (C=O) groups excluding carboxylic acids is 1. The Morgan fingerprint density at radius 1 is 1.26 bits per heavy atom. The second kappa shape index (κ2) is 6.49. The van der Waals surface area contributed by atoms with E-state index in [4.69, 9.17) is 10.5 Å². The van der Waals surface area contributed by atoms with Crippen LogP contribution in [-0.2, 0) is 6.54 Å². The first-order valence-corrected chi connectivity index (χ1v) is 5.61. The van der Waals surface area contributed by atoms with Crippen molar-refractivity contribution in [2.24, 2.45) is 5.73 Å². The van der Waals surface area contributed by atoms with Gasteiger partial charge in [-0.1, -0.05) is 0 Å². The van der Waals surface area contributed by atoms with Gasteiger partial charge < -0.3 is 15.2 Å². The SMILES string of the molecule is COc1ccc(C[n+]2cccc(C(N)=O)c2)cc1.[F-]. The van der Waals surface area contributed by atoms with Gasteiger partial charge in [0.25, 0.3) is 5.91 Å². The Kier molecular flexibility index (Phi) is 5.00. The minimum Gasteiger partial charge on any atom is -1.00 e. The van der Waals surface area contributed by atoms with Crippen molar-refractivity contribution >= 4 is 5.91 Å². The monoisotopic (exact) mass is 262 g/mol. The molecule has 1 aromatic carbocycles. The van der Waals surface area contributed by atoms with Gasteiger partial charge in [-0.15, -0.1) is 0 Å². The molecule has 2 rings (SSSR count). The predicted molar refractivity (Wildman–Crippen MR) is 67.3 cm³/mol. The molecule has 0 unspecified atom stereocenters. The van der Waals surface area contributed by atoms with Crippen LogP contribution in [0.1, 0.15) is 15.9 Å². The van der Waals surface area contributed by atoms with Gasteiger partial charge in [-0.25, -0.2) is 0 Å². The Morgan fingerprint density at radius 3 is 2.53 bits per heavy atom. The van der Waals surface area contributed by atoms with E-state index in [1.807, 2.05) is 41.1 Å². The van der Waals surface area contributed by atoms with E-state index in [0.29, 0.717) is 12.1 Å². The molecule has 100 valence electrons. The van der Waals surface area contributed by atoms with Crippen LogP contribution in [0.25, 0.3) is 0 Å². The number of carbonyl (C=O) groups is 1. The number of benzene rings is 1. The topological polar surface area (TPSA) is 56.2 Å². The molecule has 2 aromatic rings. The first-order valence-electron chi connectivity index (χ1n) is 5.61. The fourth-order valence-corrected chi connectivity index (χ4v) is 1.71. The van der Waals surface area contributed by atoms with E-state index < -0.39 is 5.91 Å². The summed E-state index contributed by atoms with van der Waals surface area (Å²) >= 11 is 0. The minimum absolute atomic E-state index is 0. The number of pyridine rings is 1. The highest BCUT2D eigenvalue weighted by Crippen LogP contribution is 2.10. The molecule has 4 nitrogen and oxygen atoms in total. The molecule has 0 atom stereocenters. The van der Waals surface area contributed by atoms with Crippen molar-refractivity contribution in [2.75, 3.05) is 7.11 Å². The number of aromatic nitrogens is 1. The lowest BCUT2D eigenvalue weighted by Gasteiger charge is -2.01. The lowest BCUT2D eigenvalue weighted by molar-refractivity contribution is -0.688. The van der Waals surface area contributed by atoms with Crippen molar-refractivity contribution in [1.29, 1.82) is 0 Å². The average Bonchev–Trinajstić information content (AvgIpc) is 2.40. The van der Waals surface area contributed by atoms with Crippen molar-refractivity contribution in [3.05, 3.63) is 59.9 Å². The third kappa shape index (κ3) is 3.77. The minimum atomic E-state index is -0.418. The van der Waals surface area contributed by atoms with E-state index in [0.717, 1.165) is 11.3 Å². The first kappa shape index (κ1) is 14.6. The van der Waals surface area contributed by atoms with E-state index in [2.05, 4.69) is 0 Å². The Bertz CT molecular complexity index is 556. The quantitative estimate of drug-likeness (QED) is 0.657. The molecule has 0 aliphatic carbocycles. The second-order valence-electron chi connectivity index (χ2n) is 3.98. The maximum atomic E-state index is 11.1. The molecule has 0 spiro atoms. The highest BCUT2D eigenvalue weighted by molar-refractivity contribution is 5.92.